The lowest BCUT2D eigenvalue weighted by Gasteiger charge is -2.33. The van der Waals surface area contributed by atoms with Gasteiger partial charge in [0.05, 0.1) is 5.69 Å². The van der Waals surface area contributed by atoms with Gasteiger partial charge >= 0.3 is 0 Å². The molecule has 7 heteroatoms. The predicted octanol–water partition coefficient (Wildman–Crippen LogP) is 3.41. The number of amides is 2. The molecule has 2 aromatic rings. The fraction of sp³-hybridized carbons (Fsp3) is 0.680. The molecule has 2 amide bonds. The van der Waals surface area contributed by atoms with Crippen molar-refractivity contribution in [2.75, 3.05) is 19.6 Å². The summed E-state index contributed by atoms with van der Waals surface area (Å²) in [6.07, 6.45) is 7.74. The lowest BCUT2D eigenvalue weighted by atomic mass is 10.0. The van der Waals surface area contributed by atoms with Crippen LogP contribution in [0.3, 0.4) is 0 Å². The minimum absolute atomic E-state index is 0.253. The van der Waals surface area contributed by atoms with Crippen LogP contribution in [0.25, 0.3) is 5.65 Å². The molecule has 4 heterocycles. The van der Waals surface area contributed by atoms with Crippen LogP contribution >= 0.6 is 0 Å². The summed E-state index contributed by atoms with van der Waals surface area (Å²) >= 11 is 0. The first-order valence-corrected chi connectivity index (χ1v) is 12.4. The molecule has 1 aliphatic carbocycles. The topological polar surface area (TPSA) is 70.8 Å². The van der Waals surface area contributed by atoms with Crippen molar-refractivity contribution in [3.05, 3.63) is 28.7 Å². The summed E-state index contributed by atoms with van der Waals surface area (Å²) in [5.41, 5.74) is 5.07. The number of carbonyl (C=O) groups excluding carboxylic acids is 2. The van der Waals surface area contributed by atoms with Crippen LogP contribution in [-0.4, -0.2) is 61.9 Å². The van der Waals surface area contributed by atoms with Gasteiger partial charge < -0.3 is 9.80 Å². The van der Waals surface area contributed by atoms with Crippen molar-refractivity contribution in [1.82, 2.24) is 24.4 Å². The maximum Gasteiger partial charge on any atom is 0.225 e. The number of aryl methyl sites for hydroxylation is 2. The smallest absolute Gasteiger partial charge is 0.225 e. The van der Waals surface area contributed by atoms with Crippen molar-refractivity contribution in [3.63, 3.8) is 0 Å². The zero-order valence-electron chi connectivity index (χ0n) is 19.6. The Morgan fingerprint density at radius 3 is 2.66 bits per heavy atom. The predicted molar refractivity (Wildman–Crippen MR) is 122 cm³/mol. The first-order chi connectivity index (χ1) is 15.4. The van der Waals surface area contributed by atoms with E-state index in [1.165, 1.54) is 6.42 Å². The van der Waals surface area contributed by atoms with Gasteiger partial charge in [-0.1, -0.05) is 0 Å². The van der Waals surface area contributed by atoms with Gasteiger partial charge in [0.2, 0.25) is 11.8 Å². The summed E-state index contributed by atoms with van der Waals surface area (Å²) in [4.78, 5) is 34.2. The van der Waals surface area contributed by atoms with E-state index in [-0.39, 0.29) is 17.7 Å². The van der Waals surface area contributed by atoms with E-state index < -0.39 is 0 Å². The molecule has 1 saturated carbocycles. The van der Waals surface area contributed by atoms with Gasteiger partial charge in [-0.25, -0.2) is 9.50 Å². The van der Waals surface area contributed by atoms with Crippen LogP contribution < -0.4 is 0 Å². The average molecular weight is 438 g/mol. The Hall–Kier alpha value is -2.44. The molecule has 3 fully saturated rings. The van der Waals surface area contributed by atoms with Crippen LogP contribution in [0, 0.1) is 19.8 Å². The van der Waals surface area contributed by atoms with Gasteiger partial charge in [-0.15, -0.1) is 0 Å². The van der Waals surface area contributed by atoms with Crippen molar-refractivity contribution in [2.24, 2.45) is 5.92 Å². The van der Waals surface area contributed by atoms with E-state index in [9.17, 15) is 9.59 Å². The second-order valence-electron chi connectivity index (χ2n) is 10.1. The summed E-state index contributed by atoms with van der Waals surface area (Å²) < 4.78 is 1.94. The molecule has 172 valence electrons. The number of rotatable bonds is 5. The normalized spacial score (nSPS) is 23.8. The number of hydrogen-bond donors (Lipinski definition) is 0. The summed E-state index contributed by atoms with van der Waals surface area (Å²) in [6.45, 7) is 8.77. The number of piperidine rings is 1. The van der Waals surface area contributed by atoms with E-state index in [2.05, 4.69) is 24.8 Å². The summed E-state index contributed by atoms with van der Waals surface area (Å²) in [5.74, 6) is 1.14. The molecule has 0 spiro atoms. The molecule has 2 saturated heterocycles. The standard InChI is InChI=1S/C25H35N5O2/c1-16-6-4-5-12-29(16)24(31)10-9-21-17(2)26-23-14-22(27-30(23)18(21)3)20-11-13-28(15-20)25(32)19-7-8-19/h14,16,19-20H,4-13,15H2,1-3H3/t16-,20+/m0/s1. The fourth-order valence-electron chi connectivity index (χ4n) is 5.54. The largest absolute Gasteiger partial charge is 0.342 e. The van der Waals surface area contributed by atoms with Crippen LogP contribution in [0.1, 0.15) is 80.4 Å². The SMILES string of the molecule is Cc1nc2cc([C@@H]3CCN(C(=O)C4CC4)C3)nn2c(C)c1CCC(=O)N1CCCC[C@@H]1C. The Labute approximate surface area is 190 Å². The molecule has 7 nitrogen and oxygen atoms in total. The van der Waals surface area contributed by atoms with E-state index >= 15 is 0 Å². The molecular formula is C25H35N5O2. The first-order valence-electron chi connectivity index (χ1n) is 12.4. The van der Waals surface area contributed by atoms with E-state index in [0.717, 1.165) is 80.0 Å². The molecule has 0 unspecified atom stereocenters. The van der Waals surface area contributed by atoms with E-state index in [1.54, 1.807) is 0 Å². The quantitative estimate of drug-likeness (QED) is 0.719. The minimum atomic E-state index is 0.253. The highest BCUT2D eigenvalue weighted by Gasteiger charge is 2.37. The van der Waals surface area contributed by atoms with Gasteiger partial charge in [0.15, 0.2) is 5.65 Å². The highest BCUT2D eigenvalue weighted by Crippen LogP contribution is 2.35. The van der Waals surface area contributed by atoms with Crippen molar-refractivity contribution < 1.29 is 9.59 Å². The van der Waals surface area contributed by atoms with Crippen molar-refractivity contribution >= 4 is 17.5 Å². The average Bonchev–Trinajstić information content (AvgIpc) is 3.35. The van der Waals surface area contributed by atoms with Gasteiger partial charge in [0.25, 0.3) is 0 Å². The van der Waals surface area contributed by atoms with Crippen molar-refractivity contribution in [3.8, 4) is 0 Å². The van der Waals surface area contributed by atoms with Gasteiger partial charge in [0.1, 0.15) is 0 Å². The Balaban J connectivity index is 1.31. The van der Waals surface area contributed by atoms with E-state index in [4.69, 9.17) is 10.1 Å². The Morgan fingerprint density at radius 1 is 1.09 bits per heavy atom. The summed E-state index contributed by atoms with van der Waals surface area (Å²) in [7, 11) is 0. The Morgan fingerprint density at radius 2 is 1.91 bits per heavy atom. The molecule has 0 radical (unpaired) electrons. The highest BCUT2D eigenvalue weighted by atomic mass is 16.2. The molecule has 3 aliphatic rings. The molecular weight excluding hydrogens is 402 g/mol. The van der Waals surface area contributed by atoms with Crippen LogP contribution in [0.2, 0.25) is 0 Å². The van der Waals surface area contributed by atoms with Gasteiger partial charge in [0, 0.05) is 61.4 Å². The number of nitrogens with zero attached hydrogens (tertiary/aromatic N) is 5. The fourth-order valence-corrected chi connectivity index (χ4v) is 5.54. The lowest BCUT2D eigenvalue weighted by molar-refractivity contribution is -0.134. The zero-order chi connectivity index (χ0) is 22.4. The number of fused-ring (bicyclic) bond motifs is 1. The number of likely N-dealkylation sites (tertiary alicyclic amines) is 2. The van der Waals surface area contributed by atoms with Crippen LogP contribution in [0.5, 0.6) is 0 Å². The van der Waals surface area contributed by atoms with E-state index in [1.807, 2.05) is 16.3 Å². The maximum atomic E-state index is 12.8. The molecule has 2 aromatic heterocycles. The molecule has 2 atom stereocenters. The van der Waals surface area contributed by atoms with Crippen LogP contribution in [0.4, 0.5) is 0 Å². The second kappa shape index (κ2) is 8.49. The van der Waals surface area contributed by atoms with Gasteiger partial charge in [-0.3, -0.25) is 9.59 Å². The molecule has 0 bridgehead atoms. The van der Waals surface area contributed by atoms with E-state index in [0.29, 0.717) is 24.8 Å². The third-order valence-electron chi connectivity index (χ3n) is 7.74. The second-order valence-corrected chi connectivity index (χ2v) is 10.1. The monoisotopic (exact) mass is 437 g/mol. The maximum absolute atomic E-state index is 12.8. The molecule has 32 heavy (non-hydrogen) atoms. The molecule has 2 aliphatic heterocycles. The summed E-state index contributed by atoms with van der Waals surface area (Å²) in [6, 6.07) is 2.44. The third kappa shape index (κ3) is 4.02. The van der Waals surface area contributed by atoms with Gasteiger partial charge in [-0.2, -0.15) is 5.10 Å². The van der Waals surface area contributed by atoms with Crippen molar-refractivity contribution in [2.45, 2.75) is 84.1 Å². The van der Waals surface area contributed by atoms with Crippen LogP contribution in [-0.2, 0) is 16.0 Å². The molecule has 0 aromatic carbocycles. The zero-order valence-corrected chi connectivity index (χ0v) is 19.6. The number of carbonyl (C=O) groups is 2. The van der Waals surface area contributed by atoms with Crippen LogP contribution in [0.15, 0.2) is 6.07 Å². The lowest BCUT2D eigenvalue weighted by Crippen LogP contribution is -2.42. The summed E-state index contributed by atoms with van der Waals surface area (Å²) in [5, 5.41) is 4.90. The van der Waals surface area contributed by atoms with Gasteiger partial charge in [-0.05, 0) is 71.3 Å². The third-order valence-corrected chi connectivity index (χ3v) is 7.74. The minimum Gasteiger partial charge on any atom is -0.342 e. The molecule has 0 N–H and O–H groups in total. The Kier molecular flexibility index (Phi) is 5.68. The molecule has 5 rings (SSSR count). The Bertz CT molecular complexity index is 1040. The first kappa shape index (κ1) is 21.4. The number of hydrogen-bond acceptors (Lipinski definition) is 4. The number of aromatic nitrogens is 3. The highest BCUT2D eigenvalue weighted by molar-refractivity contribution is 5.81. The van der Waals surface area contributed by atoms with Crippen molar-refractivity contribution in [1.29, 1.82) is 0 Å².